The molecule has 4 aromatic rings. The summed E-state index contributed by atoms with van der Waals surface area (Å²) in [6.45, 7) is 0. The summed E-state index contributed by atoms with van der Waals surface area (Å²) in [5.74, 6) is -2.05. The Bertz CT molecular complexity index is 1450. The van der Waals surface area contributed by atoms with Crippen LogP contribution in [0.2, 0.25) is 5.02 Å². The van der Waals surface area contributed by atoms with E-state index in [0.717, 1.165) is 0 Å². The van der Waals surface area contributed by atoms with Crippen molar-refractivity contribution < 1.29 is 23.8 Å². The lowest BCUT2D eigenvalue weighted by atomic mass is 9.84. The fourth-order valence-corrected chi connectivity index (χ4v) is 4.11. The van der Waals surface area contributed by atoms with Crippen LogP contribution in [-0.4, -0.2) is 16.9 Å². The standard InChI is InChI=1S/C25H15ClO6/c26-14-7-5-13(6-8-14)23(28)16-9-10-20-22(25(16)30)17(11-21(27)32-20)18-12-31-19-4-2-1-3-15(19)24(18)29/h1-10,12,17,30H,11H2/t17-/m1/s1. The quantitative estimate of drug-likeness (QED) is 0.275. The van der Waals surface area contributed by atoms with Crippen LogP contribution in [0.5, 0.6) is 11.5 Å². The second-order valence-corrected chi connectivity index (χ2v) is 7.89. The number of hydrogen-bond acceptors (Lipinski definition) is 6. The van der Waals surface area contributed by atoms with Crippen molar-refractivity contribution in [3.05, 3.63) is 104 Å². The van der Waals surface area contributed by atoms with Crippen LogP contribution in [0, 0.1) is 0 Å². The molecule has 2 heterocycles. The van der Waals surface area contributed by atoms with Gasteiger partial charge >= 0.3 is 5.97 Å². The molecule has 0 unspecified atom stereocenters. The summed E-state index contributed by atoms with van der Waals surface area (Å²) in [6, 6.07) is 15.9. The van der Waals surface area contributed by atoms with Gasteiger partial charge in [0.05, 0.1) is 23.6 Å². The summed E-state index contributed by atoms with van der Waals surface area (Å²) in [7, 11) is 0. The van der Waals surface area contributed by atoms with Crippen LogP contribution in [-0.2, 0) is 4.79 Å². The third-order valence-electron chi connectivity index (χ3n) is 5.55. The molecule has 1 aromatic heterocycles. The number of fused-ring (bicyclic) bond motifs is 2. The van der Waals surface area contributed by atoms with Gasteiger partial charge < -0.3 is 14.3 Å². The molecule has 1 N–H and O–H groups in total. The number of carbonyl (C=O) groups is 2. The van der Waals surface area contributed by atoms with Crippen LogP contribution >= 0.6 is 11.6 Å². The minimum Gasteiger partial charge on any atom is -0.507 e. The molecule has 1 aliphatic rings. The lowest BCUT2D eigenvalue weighted by Gasteiger charge is -2.26. The van der Waals surface area contributed by atoms with E-state index in [0.29, 0.717) is 21.6 Å². The Kier molecular flexibility index (Phi) is 4.79. The molecule has 0 amide bonds. The third-order valence-corrected chi connectivity index (χ3v) is 5.81. The summed E-state index contributed by atoms with van der Waals surface area (Å²) in [4.78, 5) is 38.4. The Balaban J connectivity index is 1.68. The van der Waals surface area contributed by atoms with Gasteiger partial charge in [0.2, 0.25) is 0 Å². The molecule has 5 rings (SSSR count). The highest BCUT2D eigenvalue weighted by Gasteiger charge is 2.35. The molecule has 0 fully saturated rings. The van der Waals surface area contributed by atoms with Gasteiger partial charge in [-0.15, -0.1) is 0 Å². The smallest absolute Gasteiger partial charge is 0.312 e. The van der Waals surface area contributed by atoms with Gasteiger partial charge in [0.1, 0.15) is 17.1 Å². The fraction of sp³-hybridized carbons (Fsp3) is 0.0800. The molecule has 0 saturated carbocycles. The molecule has 1 atom stereocenters. The highest BCUT2D eigenvalue weighted by molar-refractivity contribution is 6.30. The highest BCUT2D eigenvalue weighted by atomic mass is 35.5. The largest absolute Gasteiger partial charge is 0.507 e. The van der Waals surface area contributed by atoms with Gasteiger partial charge in [-0.1, -0.05) is 23.7 Å². The molecule has 0 saturated heterocycles. The Hall–Kier alpha value is -3.90. The van der Waals surface area contributed by atoms with Crippen molar-refractivity contribution in [1.29, 1.82) is 0 Å². The molecule has 3 aromatic carbocycles. The maximum atomic E-state index is 13.2. The third kappa shape index (κ3) is 3.25. The fourth-order valence-electron chi connectivity index (χ4n) is 3.99. The van der Waals surface area contributed by atoms with Crippen LogP contribution in [0.1, 0.15) is 39.4 Å². The van der Waals surface area contributed by atoms with Crippen LogP contribution in [0.15, 0.2) is 76.1 Å². The number of benzene rings is 3. The first-order valence-corrected chi connectivity index (χ1v) is 10.2. The van der Waals surface area contributed by atoms with E-state index in [1.54, 1.807) is 48.5 Å². The average Bonchev–Trinajstić information content (AvgIpc) is 2.79. The van der Waals surface area contributed by atoms with Crippen molar-refractivity contribution in [3.8, 4) is 11.5 Å². The first kappa shape index (κ1) is 20.0. The lowest BCUT2D eigenvalue weighted by Crippen LogP contribution is -2.25. The average molecular weight is 447 g/mol. The molecule has 0 radical (unpaired) electrons. The van der Waals surface area contributed by atoms with E-state index in [9.17, 15) is 19.5 Å². The lowest BCUT2D eigenvalue weighted by molar-refractivity contribution is -0.135. The molecular weight excluding hydrogens is 432 g/mol. The van der Waals surface area contributed by atoms with Crippen molar-refractivity contribution in [1.82, 2.24) is 0 Å². The Labute approximate surface area is 186 Å². The van der Waals surface area contributed by atoms with E-state index in [1.807, 2.05) is 0 Å². The predicted octanol–water partition coefficient (Wildman–Crippen LogP) is 4.82. The second kappa shape index (κ2) is 7.66. The zero-order valence-corrected chi connectivity index (χ0v) is 17.3. The van der Waals surface area contributed by atoms with Gasteiger partial charge in [-0.05, 0) is 48.5 Å². The van der Waals surface area contributed by atoms with Crippen LogP contribution in [0.25, 0.3) is 11.0 Å². The van der Waals surface area contributed by atoms with Gasteiger partial charge in [-0.3, -0.25) is 14.4 Å². The SMILES string of the molecule is O=C1C[C@H](c2coc3ccccc3c2=O)c2c(ccc(C(=O)c3ccc(Cl)cc3)c2O)O1. The van der Waals surface area contributed by atoms with E-state index >= 15 is 0 Å². The number of hydrogen-bond donors (Lipinski definition) is 1. The Morgan fingerprint density at radius 3 is 2.53 bits per heavy atom. The summed E-state index contributed by atoms with van der Waals surface area (Å²) in [6.07, 6.45) is 1.12. The number of ether oxygens (including phenoxy) is 1. The van der Waals surface area contributed by atoms with Gasteiger partial charge in [0, 0.05) is 27.6 Å². The maximum absolute atomic E-state index is 13.2. The first-order valence-electron chi connectivity index (χ1n) is 9.81. The van der Waals surface area contributed by atoms with E-state index in [-0.39, 0.29) is 40.0 Å². The second-order valence-electron chi connectivity index (χ2n) is 7.46. The zero-order chi connectivity index (χ0) is 22.4. The zero-order valence-electron chi connectivity index (χ0n) is 16.5. The Morgan fingerprint density at radius 1 is 1.00 bits per heavy atom. The molecular formula is C25H15ClO6. The number of para-hydroxylation sites is 1. The first-order chi connectivity index (χ1) is 15.4. The molecule has 158 valence electrons. The van der Waals surface area contributed by atoms with Gasteiger partial charge in [-0.2, -0.15) is 0 Å². The molecule has 6 nitrogen and oxygen atoms in total. The van der Waals surface area contributed by atoms with Crippen LogP contribution in [0.3, 0.4) is 0 Å². The molecule has 1 aliphatic heterocycles. The van der Waals surface area contributed by atoms with Gasteiger partial charge in [0.15, 0.2) is 11.2 Å². The van der Waals surface area contributed by atoms with Crippen molar-refractivity contribution >= 4 is 34.3 Å². The molecule has 0 bridgehead atoms. The van der Waals surface area contributed by atoms with Crippen LogP contribution < -0.4 is 10.2 Å². The monoisotopic (exact) mass is 446 g/mol. The van der Waals surface area contributed by atoms with Crippen LogP contribution in [0.4, 0.5) is 0 Å². The van der Waals surface area contributed by atoms with E-state index in [2.05, 4.69) is 0 Å². The van der Waals surface area contributed by atoms with Gasteiger partial charge in [0.25, 0.3) is 0 Å². The number of esters is 1. The summed E-state index contributed by atoms with van der Waals surface area (Å²) < 4.78 is 10.9. The summed E-state index contributed by atoms with van der Waals surface area (Å²) >= 11 is 5.90. The number of phenols is 1. The van der Waals surface area contributed by atoms with E-state index in [4.69, 9.17) is 20.8 Å². The predicted molar refractivity (Wildman–Crippen MR) is 118 cm³/mol. The topological polar surface area (TPSA) is 93.8 Å². The van der Waals surface area contributed by atoms with Crippen molar-refractivity contribution in [2.75, 3.05) is 0 Å². The number of ketones is 1. The molecule has 0 aliphatic carbocycles. The summed E-state index contributed by atoms with van der Waals surface area (Å²) in [5.41, 5.74) is 0.862. The number of carbonyl (C=O) groups excluding carboxylic acids is 2. The van der Waals surface area contributed by atoms with E-state index in [1.165, 1.54) is 18.4 Å². The highest BCUT2D eigenvalue weighted by Crippen LogP contribution is 2.45. The number of aromatic hydroxyl groups is 1. The number of halogens is 1. The van der Waals surface area contributed by atoms with Crippen molar-refractivity contribution in [2.45, 2.75) is 12.3 Å². The normalized spacial score (nSPS) is 15.3. The molecule has 0 spiro atoms. The molecule has 32 heavy (non-hydrogen) atoms. The van der Waals surface area contributed by atoms with Gasteiger partial charge in [-0.25, -0.2) is 0 Å². The number of phenolic OH excluding ortho intramolecular Hbond substituents is 1. The van der Waals surface area contributed by atoms with Crippen molar-refractivity contribution in [2.24, 2.45) is 0 Å². The van der Waals surface area contributed by atoms with Crippen molar-refractivity contribution in [3.63, 3.8) is 0 Å². The minimum atomic E-state index is -0.829. The minimum absolute atomic E-state index is 0.0270. The summed E-state index contributed by atoms with van der Waals surface area (Å²) in [5, 5.41) is 11.9. The number of rotatable bonds is 3. The Morgan fingerprint density at radius 2 is 1.75 bits per heavy atom. The van der Waals surface area contributed by atoms with E-state index < -0.39 is 17.7 Å². The molecule has 7 heteroatoms. The maximum Gasteiger partial charge on any atom is 0.312 e.